The molecule has 0 aromatic rings. The molecule has 0 bridgehead atoms. The predicted molar refractivity (Wildman–Crippen MR) is 61.9 cm³/mol. The van der Waals surface area contributed by atoms with Crippen LogP contribution in [0.25, 0.3) is 0 Å². The summed E-state index contributed by atoms with van der Waals surface area (Å²) in [7, 11) is -3.02. The van der Waals surface area contributed by atoms with E-state index in [1.54, 1.807) is 0 Å². The second-order valence-electron chi connectivity index (χ2n) is 4.36. The van der Waals surface area contributed by atoms with Crippen LogP contribution in [0, 0.1) is 5.92 Å². The number of nitrogens with two attached hydrogens (primary N) is 1. The Morgan fingerprint density at radius 2 is 1.89 bits per heavy atom. The van der Waals surface area contributed by atoms with Crippen LogP contribution >= 0.6 is 0 Å². The van der Waals surface area contributed by atoms with E-state index in [2.05, 4.69) is 4.72 Å². The maximum absolute atomic E-state index is 10.7. The average molecular weight is 306 g/mol. The molecule has 0 heterocycles. The zero-order valence-corrected chi connectivity index (χ0v) is 11.1. The first kappa shape index (κ1) is 18.1. The molecule has 0 aromatic carbocycles. The maximum Gasteiger partial charge on any atom is 0.490 e. The van der Waals surface area contributed by atoms with Crippen molar-refractivity contribution in [1.29, 1.82) is 0 Å². The van der Waals surface area contributed by atoms with Crippen molar-refractivity contribution in [1.82, 2.24) is 4.72 Å². The van der Waals surface area contributed by atoms with Crippen molar-refractivity contribution in [3.8, 4) is 0 Å². The first-order valence-corrected chi connectivity index (χ1v) is 7.31. The van der Waals surface area contributed by atoms with Crippen LogP contribution in [0.2, 0.25) is 0 Å². The zero-order chi connectivity index (χ0) is 15.3. The molecule has 10 heteroatoms. The summed E-state index contributed by atoms with van der Waals surface area (Å²) < 4.78 is 55.7. The summed E-state index contributed by atoms with van der Waals surface area (Å²) in [5.41, 5.74) is 5.69. The van der Waals surface area contributed by atoms with Crippen molar-refractivity contribution >= 4 is 16.0 Å². The average Bonchev–Trinajstić information content (AvgIpc) is 2.60. The van der Waals surface area contributed by atoms with Gasteiger partial charge in [0.15, 0.2) is 0 Å². The molecular formula is C9H17F3N2O4S. The minimum Gasteiger partial charge on any atom is -0.475 e. The molecule has 0 amide bonds. The maximum atomic E-state index is 10.7. The van der Waals surface area contributed by atoms with E-state index in [1.807, 2.05) is 0 Å². The molecule has 2 atom stereocenters. The highest BCUT2D eigenvalue weighted by Gasteiger charge is 2.38. The molecular weight excluding hydrogens is 289 g/mol. The fraction of sp³-hybridized carbons (Fsp3) is 0.889. The molecule has 114 valence electrons. The molecule has 19 heavy (non-hydrogen) atoms. The number of alkyl halides is 3. The lowest BCUT2D eigenvalue weighted by Gasteiger charge is -2.08. The van der Waals surface area contributed by atoms with Gasteiger partial charge < -0.3 is 10.8 Å². The van der Waals surface area contributed by atoms with Crippen LogP contribution in [-0.4, -0.2) is 44.5 Å². The Bertz CT molecular complexity index is 397. The Balaban J connectivity index is 0.000000399. The van der Waals surface area contributed by atoms with Crippen molar-refractivity contribution in [3.05, 3.63) is 0 Å². The minimum absolute atomic E-state index is 0.274. The van der Waals surface area contributed by atoms with Gasteiger partial charge in [0.2, 0.25) is 10.0 Å². The standard InChI is InChI=1S/C7H16N2O2S.C2HF3O2/c1-12(10,11)9-5-6-2-3-7(8)4-6;3-2(4,5)1(6)7/h6-7,9H,2-5,8H2,1H3;(H,6,7)/t6-,7+;/m0./s1. The van der Waals surface area contributed by atoms with Gasteiger partial charge in [-0.25, -0.2) is 17.9 Å². The summed E-state index contributed by atoms with van der Waals surface area (Å²) in [4.78, 5) is 8.90. The van der Waals surface area contributed by atoms with Crippen LogP contribution in [-0.2, 0) is 14.8 Å². The van der Waals surface area contributed by atoms with Crippen molar-refractivity contribution in [3.63, 3.8) is 0 Å². The third kappa shape index (κ3) is 9.68. The van der Waals surface area contributed by atoms with Gasteiger partial charge in [0.25, 0.3) is 0 Å². The van der Waals surface area contributed by atoms with Gasteiger partial charge in [-0.05, 0) is 25.2 Å². The van der Waals surface area contributed by atoms with Gasteiger partial charge in [-0.1, -0.05) is 0 Å². The Labute approximate surface area is 109 Å². The lowest BCUT2D eigenvalue weighted by molar-refractivity contribution is -0.192. The van der Waals surface area contributed by atoms with Gasteiger partial charge in [0.05, 0.1) is 6.26 Å². The number of nitrogens with one attached hydrogen (secondary N) is 1. The molecule has 0 radical (unpaired) electrons. The molecule has 4 N–H and O–H groups in total. The topological polar surface area (TPSA) is 109 Å². The van der Waals surface area contributed by atoms with Crippen LogP contribution in [0.1, 0.15) is 19.3 Å². The Morgan fingerprint density at radius 1 is 1.42 bits per heavy atom. The second kappa shape index (κ2) is 7.06. The number of carboxylic acids is 1. The first-order valence-electron chi connectivity index (χ1n) is 5.42. The van der Waals surface area contributed by atoms with Gasteiger partial charge in [0.1, 0.15) is 0 Å². The van der Waals surface area contributed by atoms with E-state index >= 15 is 0 Å². The Hall–Kier alpha value is -0.870. The fourth-order valence-corrected chi connectivity index (χ4v) is 2.11. The number of aliphatic carboxylic acids is 1. The summed E-state index contributed by atoms with van der Waals surface area (Å²) in [5, 5.41) is 7.12. The third-order valence-electron chi connectivity index (χ3n) is 2.46. The molecule has 0 aromatic heterocycles. The van der Waals surface area contributed by atoms with Crippen LogP contribution in [0.15, 0.2) is 0 Å². The summed E-state index contributed by atoms with van der Waals surface area (Å²) in [6.07, 6.45) is -0.885. The zero-order valence-electron chi connectivity index (χ0n) is 10.3. The number of rotatable bonds is 3. The minimum atomic E-state index is -5.08. The van der Waals surface area contributed by atoms with E-state index in [4.69, 9.17) is 15.6 Å². The smallest absolute Gasteiger partial charge is 0.475 e. The second-order valence-corrected chi connectivity index (χ2v) is 6.20. The monoisotopic (exact) mass is 306 g/mol. The quantitative estimate of drug-likeness (QED) is 0.694. The van der Waals surface area contributed by atoms with E-state index in [9.17, 15) is 21.6 Å². The number of hydrogen-bond acceptors (Lipinski definition) is 4. The predicted octanol–water partition coefficient (Wildman–Crippen LogP) is 0.296. The number of carbonyl (C=O) groups is 1. The number of sulfonamides is 1. The highest BCUT2D eigenvalue weighted by Crippen LogP contribution is 2.23. The number of carboxylic acid groups (broad SMARTS) is 1. The van der Waals surface area contributed by atoms with Crippen LogP contribution < -0.4 is 10.5 Å². The van der Waals surface area contributed by atoms with Crippen molar-refractivity contribution < 1.29 is 31.5 Å². The normalized spacial score (nSPS) is 23.6. The molecule has 1 aliphatic rings. The van der Waals surface area contributed by atoms with Crippen molar-refractivity contribution in [2.45, 2.75) is 31.5 Å². The van der Waals surface area contributed by atoms with E-state index in [1.165, 1.54) is 6.26 Å². The fourth-order valence-electron chi connectivity index (χ4n) is 1.57. The van der Waals surface area contributed by atoms with Crippen LogP contribution in [0.5, 0.6) is 0 Å². The Morgan fingerprint density at radius 3 is 2.16 bits per heavy atom. The third-order valence-corrected chi connectivity index (χ3v) is 3.15. The molecule has 0 aliphatic heterocycles. The van der Waals surface area contributed by atoms with Gasteiger partial charge in [-0.15, -0.1) is 0 Å². The van der Waals surface area contributed by atoms with E-state index in [0.717, 1.165) is 19.3 Å². The van der Waals surface area contributed by atoms with Crippen molar-refractivity contribution in [2.75, 3.05) is 12.8 Å². The summed E-state index contributed by atoms with van der Waals surface area (Å²) in [6.45, 7) is 0.548. The Kier molecular flexibility index (Phi) is 6.73. The van der Waals surface area contributed by atoms with E-state index in [-0.39, 0.29) is 6.04 Å². The van der Waals surface area contributed by atoms with E-state index in [0.29, 0.717) is 12.5 Å². The number of hydrogen-bond donors (Lipinski definition) is 3. The van der Waals surface area contributed by atoms with Gasteiger partial charge in [-0.3, -0.25) is 0 Å². The highest BCUT2D eigenvalue weighted by molar-refractivity contribution is 7.88. The molecule has 0 unspecified atom stereocenters. The van der Waals surface area contributed by atoms with Crippen LogP contribution in [0.3, 0.4) is 0 Å². The lowest BCUT2D eigenvalue weighted by atomic mass is 10.1. The molecule has 0 spiro atoms. The summed E-state index contributed by atoms with van der Waals surface area (Å²) in [5.74, 6) is -2.32. The largest absolute Gasteiger partial charge is 0.490 e. The van der Waals surface area contributed by atoms with E-state index < -0.39 is 22.2 Å². The molecule has 1 saturated carbocycles. The molecule has 1 aliphatic carbocycles. The lowest BCUT2D eigenvalue weighted by Crippen LogP contribution is -2.28. The van der Waals surface area contributed by atoms with Gasteiger partial charge >= 0.3 is 12.1 Å². The summed E-state index contributed by atoms with van der Waals surface area (Å²) >= 11 is 0. The van der Waals surface area contributed by atoms with Gasteiger partial charge in [0, 0.05) is 12.6 Å². The van der Waals surface area contributed by atoms with Crippen LogP contribution in [0.4, 0.5) is 13.2 Å². The molecule has 0 saturated heterocycles. The molecule has 1 rings (SSSR count). The van der Waals surface area contributed by atoms with Gasteiger partial charge in [-0.2, -0.15) is 13.2 Å². The highest BCUT2D eigenvalue weighted by atomic mass is 32.2. The first-order chi connectivity index (χ1) is 8.42. The molecule has 1 fully saturated rings. The summed E-state index contributed by atoms with van der Waals surface area (Å²) in [6, 6.07) is 0.274. The number of halogens is 3. The molecule has 6 nitrogen and oxygen atoms in total. The SMILES string of the molecule is CS(=O)(=O)NC[C@H]1CC[C@@H](N)C1.O=C(O)C(F)(F)F. The van der Waals surface area contributed by atoms with Crippen molar-refractivity contribution in [2.24, 2.45) is 11.7 Å².